The number of pyridine rings is 2. The van der Waals surface area contributed by atoms with Crippen LogP contribution in [0.3, 0.4) is 0 Å². The summed E-state index contributed by atoms with van der Waals surface area (Å²) in [5, 5.41) is 3.46. The molecule has 1 N–H and O–H groups in total. The number of nitrogens with one attached hydrogen (secondary N) is 1. The molecule has 0 atom stereocenters. The van der Waals surface area contributed by atoms with Gasteiger partial charge < -0.3 is 10.1 Å². The zero-order valence-electron chi connectivity index (χ0n) is 10.0. The molecule has 0 saturated heterocycles. The van der Waals surface area contributed by atoms with Crippen molar-refractivity contribution in [1.29, 1.82) is 0 Å². The Morgan fingerprint density at radius 3 is 2.89 bits per heavy atom. The van der Waals surface area contributed by atoms with Crippen LogP contribution < -0.4 is 10.1 Å². The van der Waals surface area contributed by atoms with E-state index in [0.717, 1.165) is 12.1 Å². The Labute approximate surface area is 106 Å². The Bertz CT molecular complexity index is 511. The normalized spacial score (nSPS) is 14.4. The van der Waals surface area contributed by atoms with E-state index in [1.807, 2.05) is 24.3 Å². The lowest BCUT2D eigenvalue weighted by Crippen LogP contribution is -2.16. The summed E-state index contributed by atoms with van der Waals surface area (Å²) in [6, 6.07) is 8.37. The number of hydrogen-bond donors (Lipinski definition) is 1. The molecule has 4 heteroatoms. The van der Waals surface area contributed by atoms with Gasteiger partial charge in [-0.05, 0) is 31.0 Å². The van der Waals surface area contributed by atoms with Crippen LogP contribution in [0.1, 0.15) is 18.4 Å². The van der Waals surface area contributed by atoms with E-state index >= 15 is 0 Å². The molecule has 1 aliphatic rings. The molecule has 0 unspecified atom stereocenters. The van der Waals surface area contributed by atoms with Crippen LogP contribution in [-0.2, 0) is 6.54 Å². The lowest BCUT2D eigenvalue weighted by molar-refractivity contribution is 0.450. The van der Waals surface area contributed by atoms with E-state index in [9.17, 15) is 0 Å². The highest BCUT2D eigenvalue weighted by atomic mass is 16.5. The molecule has 2 heterocycles. The van der Waals surface area contributed by atoms with Crippen molar-refractivity contribution in [3.05, 3.63) is 48.4 Å². The van der Waals surface area contributed by atoms with Gasteiger partial charge in [-0.25, -0.2) is 4.98 Å². The average Bonchev–Trinajstić information content (AvgIpc) is 3.23. The van der Waals surface area contributed by atoms with Gasteiger partial charge in [-0.3, -0.25) is 4.98 Å². The van der Waals surface area contributed by atoms with Crippen molar-refractivity contribution in [3.63, 3.8) is 0 Å². The Kier molecular flexibility index (Phi) is 3.19. The molecule has 1 aliphatic carbocycles. The summed E-state index contributed by atoms with van der Waals surface area (Å²) in [5.74, 6) is 1.36. The van der Waals surface area contributed by atoms with Gasteiger partial charge in [0.1, 0.15) is 5.75 Å². The maximum Gasteiger partial charge on any atom is 0.223 e. The van der Waals surface area contributed by atoms with Crippen LogP contribution in [0, 0.1) is 0 Å². The van der Waals surface area contributed by atoms with Crippen LogP contribution >= 0.6 is 0 Å². The second-order valence-corrected chi connectivity index (χ2v) is 4.41. The van der Waals surface area contributed by atoms with Crippen molar-refractivity contribution in [2.24, 2.45) is 0 Å². The third-order valence-electron chi connectivity index (χ3n) is 2.86. The third kappa shape index (κ3) is 2.84. The standard InChI is InChI=1S/C14H15N3O/c1-3-11(9-17-12-5-6-12)14(16-8-1)18-13-4-2-7-15-10-13/h1-4,7-8,10,12,17H,5-6,9H2. The van der Waals surface area contributed by atoms with Gasteiger partial charge in [-0.1, -0.05) is 6.07 Å². The van der Waals surface area contributed by atoms with E-state index in [2.05, 4.69) is 15.3 Å². The number of nitrogens with zero attached hydrogens (tertiary/aromatic N) is 2. The molecule has 2 aromatic heterocycles. The van der Waals surface area contributed by atoms with Gasteiger partial charge in [0.15, 0.2) is 0 Å². The van der Waals surface area contributed by atoms with E-state index < -0.39 is 0 Å². The molecule has 4 nitrogen and oxygen atoms in total. The molecule has 92 valence electrons. The molecular formula is C14H15N3O. The summed E-state index contributed by atoms with van der Waals surface area (Å²) in [7, 11) is 0. The van der Waals surface area contributed by atoms with Crippen LogP contribution in [-0.4, -0.2) is 16.0 Å². The fraction of sp³-hybridized carbons (Fsp3) is 0.286. The molecule has 3 rings (SSSR count). The van der Waals surface area contributed by atoms with Crippen molar-refractivity contribution in [2.75, 3.05) is 0 Å². The van der Waals surface area contributed by atoms with Crippen LogP contribution in [0.5, 0.6) is 11.6 Å². The molecule has 0 radical (unpaired) electrons. The molecule has 1 fully saturated rings. The highest BCUT2D eigenvalue weighted by Gasteiger charge is 2.20. The van der Waals surface area contributed by atoms with Crippen molar-refractivity contribution in [3.8, 4) is 11.6 Å². The number of ether oxygens (including phenoxy) is 1. The zero-order chi connectivity index (χ0) is 12.2. The molecule has 2 aromatic rings. The summed E-state index contributed by atoms with van der Waals surface area (Å²) >= 11 is 0. The first-order chi connectivity index (χ1) is 8.92. The summed E-state index contributed by atoms with van der Waals surface area (Å²) < 4.78 is 5.75. The maximum atomic E-state index is 5.75. The molecule has 1 saturated carbocycles. The van der Waals surface area contributed by atoms with Crippen molar-refractivity contribution in [1.82, 2.24) is 15.3 Å². The van der Waals surface area contributed by atoms with Crippen molar-refractivity contribution in [2.45, 2.75) is 25.4 Å². The summed E-state index contributed by atoms with van der Waals surface area (Å²) in [6.07, 6.45) is 7.71. The van der Waals surface area contributed by atoms with Gasteiger partial charge in [0, 0.05) is 30.5 Å². The smallest absolute Gasteiger partial charge is 0.223 e. The van der Waals surface area contributed by atoms with E-state index in [4.69, 9.17) is 4.74 Å². The zero-order valence-corrected chi connectivity index (χ0v) is 10.0. The minimum Gasteiger partial charge on any atom is -0.437 e. The Balaban J connectivity index is 1.73. The van der Waals surface area contributed by atoms with Crippen LogP contribution in [0.25, 0.3) is 0 Å². The van der Waals surface area contributed by atoms with Crippen LogP contribution in [0.2, 0.25) is 0 Å². The molecule has 0 aliphatic heterocycles. The largest absolute Gasteiger partial charge is 0.437 e. The van der Waals surface area contributed by atoms with E-state index in [-0.39, 0.29) is 0 Å². The minimum absolute atomic E-state index is 0.652. The van der Waals surface area contributed by atoms with Gasteiger partial charge in [0.05, 0.1) is 6.20 Å². The Hall–Kier alpha value is -1.94. The van der Waals surface area contributed by atoms with Crippen LogP contribution in [0.15, 0.2) is 42.9 Å². The van der Waals surface area contributed by atoms with E-state index in [1.165, 1.54) is 12.8 Å². The summed E-state index contributed by atoms with van der Waals surface area (Å²) in [4.78, 5) is 8.31. The quantitative estimate of drug-likeness (QED) is 0.873. The van der Waals surface area contributed by atoms with E-state index in [0.29, 0.717) is 17.7 Å². The first kappa shape index (κ1) is 11.2. The lowest BCUT2D eigenvalue weighted by atomic mass is 10.2. The molecular weight excluding hydrogens is 226 g/mol. The Morgan fingerprint density at radius 1 is 1.22 bits per heavy atom. The highest BCUT2D eigenvalue weighted by molar-refractivity contribution is 5.30. The summed E-state index contributed by atoms with van der Waals surface area (Å²) in [6.45, 7) is 0.800. The second kappa shape index (κ2) is 5.14. The van der Waals surface area contributed by atoms with Gasteiger partial charge in [0.2, 0.25) is 5.88 Å². The van der Waals surface area contributed by atoms with Crippen LogP contribution in [0.4, 0.5) is 0 Å². The fourth-order valence-electron chi connectivity index (χ4n) is 1.71. The predicted molar refractivity (Wildman–Crippen MR) is 68.4 cm³/mol. The Morgan fingerprint density at radius 2 is 2.11 bits per heavy atom. The molecule has 0 aromatic carbocycles. The summed E-state index contributed by atoms with van der Waals surface area (Å²) in [5.41, 5.74) is 1.08. The SMILES string of the molecule is c1cncc(Oc2ncccc2CNC2CC2)c1. The molecule has 18 heavy (non-hydrogen) atoms. The third-order valence-corrected chi connectivity index (χ3v) is 2.86. The first-order valence-corrected chi connectivity index (χ1v) is 6.17. The fourth-order valence-corrected chi connectivity index (χ4v) is 1.71. The monoisotopic (exact) mass is 241 g/mol. The molecule has 0 bridgehead atoms. The minimum atomic E-state index is 0.652. The average molecular weight is 241 g/mol. The topological polar surface area (TPSA) is 47.0 Å². The lowest BCUT2D eigenvalue weighted by Gasteiger charge is -2.09. The van der Waals surface area contributed by atoms with Gasteiger partial charge >= 0.3 is 0 Å². The number of rotatable bonds is 5. The second-order valence-electron chi connectivity index (χ2n) is 4.41. The van der Waals surface area contributed by atoms with Crippen molar-refractivity contribution >= 4 is 0 Å². The highest BCUT2D eigenvalue weighted by Crippen LogP contribution is 2.24. The van der Waals surface area contributed by atoms with Gasteiger partial charge in [-0.2, -0.15) is 0 Å². The molecule has 0 amide bonds. The number of aromatic nitrogens is 2. The first-order valence-electron chi connectivity index (χ1n) is 6.17. The van der Waals surface area contributed by atoms with E-state index in [1.54, 1.807) is 18.6 Å². The van der Waals surface area contributed by atoms with Gasteiger partial charge in [-0.15, -0.1) is 0 Å². The van der Waals surface area contributed by atoms with Gasteiger partial charge in [0.25, 0.3) is 0 Å². The predicted octanol–water partition coefficient (Wildman–Crippen LogP) is 2.52. The number of hydrogen-bond acceptors (Lipinski definition) is 4. The van der Waals surface area contributed by atoms with Crippen molar-refractivity contribution < 1.29 is 4.74 Å². The molecule has 0 spiro atoms. The maximum absolute atomic E-state index is 5.75.